The van der Waals surface area contributed by atoms with E-state index in [9.17, 15) is 9.90 Å². The molecular weight excluding hydrogens is 326 g/mol. The molecule has 0 aliphatic carbocycles. The summed E-state index contributed by atoms with van der Waals surface area (Å²) in [5.74, 6) is -0.785. The summed E-state index contributed by atoms with van der Waals surface area (Å²) in [6.07, 6.45) is 4.59. The Morgan fingerprint density at radius 3 is 2.54 bits per heavy atom. The summed E-state index contributed by atoms with van der Waals surface area (Å²) in [6.45, 7) is 9.71. The minimum Gasteiger partial charge on any atom is -0.480 e. The van der Waals surface area contributed by atoms with Gasteiger partial charge >= 0.3 is 5.97 Å². The average Bonchev–Trinajstić information content (AvgIpc) is 2.98. The Balaban J connectivity index is 2.16. The predicted octanol–water partition coefficient (Wildman–Crippen LogP) is 3.96. The van der Waals surface area contributed by atoms with Crippen LogP contribution in [-0.2, 0) is 23.3 Å². The van der Waals surface area contributed by atoms with Crippen LogP contribution in [0.15, 0.2) is 36.5 Å². The lowest BCUT2D eigenvalue weighted by molar-refractivity contribution is -0.139. The molecule has 0 radical (unpaired) electrons. The molecule has 26 heavy (non-hydrogen) atoms. The van der Waals surface area contributed by atoms with Crippen LogP contribution in [0.25, 0.3) is 0 Å². The van der Waals surface area contributed by atoms with E-state index in [1.807, 2.05) is 29.1 Å². The van der Waals surface area contributed by atoms with Crippen molar-refractivity contribution in [3.63, 3.8) is 0 Å². The van der Waals surface area contributed by atoms with Gasteiger partial charge in [0.2, 0.25) is 0 Å². The normalized spacial score (nSPS) is 12.9. The second kappa shape index (κ2) is 8.99. The van der Waals surface area contributed by atoms with Gasteiger partial charge in [-0.25, -0.2) is 0 Å². The number of carboxylic acid groups (broad SMARTS) is 1. The number of nitrogens with one attached hydrogen (secondary N) is 1. The number of unbranched alkanes of at least 4 members (excludes halogenated alkanes) is 1. The number of carboxylic acids is 1. The van der Waals surface area contributed by atoms with Crippen molar-refractivity contribution < 1.29 is 9.90 Å². The third kappa shape index (κ3) is 5.70. The number of aliphatic carboxylic acids is 1. The van der Waals surface area contributed by atoms with E-state index in [4.69, 9.17) is 5.10 Å². The van der Waals surface area contributed by atoms with Gasteiger partial charge < -0.3 is 10.4 Å². The van der Waals surface area contributed by atoms with Crippen molar-refractivity contribution in [1.29, 1.82) is 0 Å². The standard InChI is InChI=1S/C21H31N3O2/c1-5-6-12-18(20(25)26)22-13-17-15-24(23-19(17)21(2,3)4)14-16-10-8-7-9-11-16/h7-11,15,18,22H,5-6,12-14H2,1-4H3,(H,25,26)/t18-/m0/s1. The predicted molar refractivity (Wildman–Crippen MR) is 104 cm³/mol. The van der Waals surface area contributed by atoms with Crippen molar-refractivity contribution in [1.82, 2.24) is 15.1 Å². The summed E-state index contributed by atoms with van der Waals surface area (Å²) < 4.78 is 1.95. The summed E-state index contributed by atoms with van der Waals surface area (Å²) in [4.78, 5) is 11.5. The maximum absolute atomic E-state index is 11.5. The smallest absolute Gasteiger partial charge is 0.320 e. The van der Waals surface area contributed by atoms with Gasteiger partial charge in [0.25, 0.3) is 0 Å². The number of nitrogens with zero attached hydrogens (tertiary/aromatic N) is 2. The SMILES string of the molecule is CCCC[C@H](NCc1cn(Cc2ccccc2)nc1C(C)(C)C)C(=O)O. The maximum Gasteiger partial charge on any atom is 0.320 e. The Morgan fingerprint density at radius 1 is 1.27 bits per heavy atom. The molecule has 0 amide bonds. The van der Waals surface area contributed by atoms with Crippen molar-refractivity contribution in [2.24, 2.45) is 0 Å². The van der Waals surface area contributed by atoms with Crippen molar-refractivity contribution in [3.8, 4) is 0 Å². The molecule has 2 aromatic rings. The van der Waals surface area contributed by atoms with Crippen molar-refractivity contribution >= 4 is 5.97 Å². The molecule has 2 rings (SSSR count). The Kier molecular flexibility index (Phi) is 6.98. The lowest BCUT2D eigenvalue weighted by Gasteiger charge is -2.19. The molecule has 0 spiro atoms. The molecule has 0 bridgehead atoms. The molecule has 5 nitrogen and oxygen atoms in total. The molecule has 5 heteroatoms. The van der Waals surface area contributed by atoms with Crippen LogP contribution in [0.4, 0.5) is 0 Å². The highest BCUT2D eigenvalue weighted by Gasteiger charge is 2.24. The quantitative estimate of drug-likeness (QED) is 0.713. The Morgan fingerprint density at radius 2 is 1.96 bits per heavy atom. The molecule has 0 aliphatic rings. The topological polar surface area (TPSA) is 67.2 Å². The fourth-order valence-corrected chi connectivity index (χ4v) is 3.03. The second-order valence-electron chi connectivity index (χ2n) is 7.85. The van der Waals surface area contributed by atoms with Gasteiger partial charge in [-0.3, -0.25) is 9.48 Å². The molecular formula is C21H31N3O2. The Hall–Kier alpha value is -2.14. The number of aromatic nitrogens is 2. The zero-order valence-electron chi connectivity index (χ0n) is 16.3. The number of benzene rings is 1. The van der Waals surface area contributed by atoms with Gasteiger partial charge in [-0.15, -0.1) is 0 Å². The molecule has 1 heterocycles. The number of hydrogen-bond acceptors (Lipinski definition) is 3. The fourth-order valence-electron chi connectivity index (χ4n) is 3.03. The van der Waals surface area contributed by atoms with E-state index >= 15 is 0 Å². The summed E-state index contributed by atoms with van der Waals surface area (Å²) in [5.41, 5.74) is 3.18. The molecule has 0 aliphatic heterocycles. The molecule has 2 N–H and O–H groups in total. The summed E-state index contributed by atoms with van der Waals surface area (Å²) >= 11 is 0. The highest BCUT2D eigenvalue weighted by Crippen LogP contribution is 2.25. The molecule has 0 unspecified atom stereocenters. The zero-order valence-corrected chi connectivity index (χ0v) is 16.3. The largest absolute Gasteiger partial charge is 0.480 e. The maximum atomic E-state index is 11.5. The molecule has 0 saturated carbocycles. The number of hydrogen-bond donors (Lipinski definition) is 2. The first-order valence-electron chi connectivity index (χ1n) is 9.38. The molecule has 1 aromatic carbocycles. The first-order valence-corrected chi connectivity index (χ1v) is 9.38. The van der Waals surface area contributed by atoms with E-state index < -0.39 is 12.0 Å². The molecule has 0 fully saturated rings. The van der Waals surface area contributed by atoms with Gasteiger partial charge in [0.1, 0.15) is 6.04 Å². The minimum absolute atomic E-state index is 0.0961. The van der Waals surface area contributed by atoms with Gasteiger partial charge in [-0.1, -0.05) is 70.9 Å². The van der Waals surface area contributed by atoms with E-state index in [0.717, 1.165) is 24.1 Å². The number of carbonyl (C=O) groups is 1. The lowest BCUT2D eigenvalue weighted by Crippen LogP contribution is -2.36. The van der Waals surface area contributed by atoms with Crippen molar-refractivity contribution in [3.05, 3.63) is 53.3 Å². The molecule has 1 aromatic heterocycles. The summed E-state index contributed by atoms with van der Waals surface area (Å²) in [5, 5.41) is 17.4. The Labute approximate surface area is 156 Å². The van der Waals surface area contributed by atoms with Crippen LogP contribution in [0.5, 0.6) is 0 Å². The van der Waals surface area contributed by atoms with E-state index in [2.05, 4.69) is 45.1 Å². The van der Waals surface area contributed by atoms with Crippen LogP contribution in [0.1, 0.15) is 63.8 Å². The van der Waals surface area contributed by atoms with E-state index in [1.165, 1.54) is 5.56 Å². The molecule has 142 valence electrons. The monoisotopic (exact) mass is 357 g/mol. The third-order valence-corrected chi connectivity index (χ3v) is 4.42. The minimum atomic E-state index is -0.785. The van der Waals surface area contributed by atoms with E-state index in [0.29, 0.717) is 19.5 Å². The van der Waals surface area contributed by atoms with Crippen LogP contribution >= 0.6 is 0 Å². The van der Waals surface area contributed by atoms with E-state index in [1.54, 1.807) is 0 Å². The van der Waals surface area contributed by atoms with Crippen LogP contribution in [-0.4, -0.2) is 26.9 Å². The molecule has 0 saturated heterocycles. The first-order chi connectivity index (χ1) is 12.3. The average molecular weight is 357 g/mol. The van der Waals surface area contributed by atoms with Gasteiger partial charge in [0.05, 0.1) is 12.2 Å². The zero-order chi connectivity index (χ0) is 19.2. The van der Waals surface area contributed by atoms with Gasteiger partial charge in [-0.05, 0) is 12.0 Å². The fraction of sp³-hybridized carbons (Fsp3) is 0.524. The highest BCUT2D eigenvalue weighted by atomic mass is 16.4. The van der Waals surface area contributed by atoms with Crippen LogP contribution in [0.2, 0.25) is 0 Å². The second-order valence-corrected chi connectivity index (χ2v) is 7.85. The van der Waals surface area contributed by atoms with Gasteiger partial charge in [0.15, 0.2) is 0 Å². The van der Waals surface area contributed by atoms with Crippen molar-refractivity contribution in [2.45, 2.75) is 71.5 Å². The highest BCUT2D eigenvalue weighted by molar-refractivity contribution is 5.73. The summed E-state index contributed by atoms with van der Waals surface area (Å²) in [6, 6.07) is 9.71. The Bertz CT molecular complexity index is 702. The van der Waals surface area contributed by atoms with Crippen LogP contribution < -0.4 is 5.32 Å². The van der Waals surface area contributed by atoms with Crippen LogP contribution in [0, 0.1) is 0 Å². The van der Waals surface area contributed by atoms with Gasteiger partial charge in [0, 0.05) is 23.7 Å². The lowest BCUT2D eigenvalue weighted by atomic mass is 9.89. The summed E-state index contributed by atoms with van der Waals surface area (Å²) in [7, 11) is 0. The first kappa shape index (κ1) is 20.2. The number of rotatable bonds is 9. The van der Waals surface area contributed by atoms with Crippen LogP contribution in [0.3, 0.4) is 0 Å². The molecule has 1 atom stereocenters. The third-order valence-electron chi connectivity index (χ3n) is 4.42. The van der Waals surface area contributed by atoms with Gasteiger partial charge in [-0.2, -0.15) is 5.10 Å². The van der Waals surface area contributed by atoms with Crippen molar-refractivity contribution in [2.75, 3.05) is 0 Å². The van der Waals surface area contributed by atoms with E-state index in [-0.39, 0.29) is 5.41 Å².